The van der Waals surface area contributed by atoms with Crippen LogP contribution in [0.2, 0.25) is 5.02 Å². The van der Waals surface area contributed by atoms with Gasteiger partial charge in [-0.1, -0.05) is 11.6 Å². The van der Waals surface area contributed by atoms with Crippen molar-refractivity contribution in [3.05, 3.63) is 23.2 Å². The van der Waals surface area contributed by atoms with Gasteiger partial charge in [0.1, 0.15) is 5.75 Å². The molecule has 1 fully saturated rings. The molecule has 1 aromatic carbocycles. The van der Waals surface area contributed by atoms with Crippen LogP contribution < -0.4 is 9.84 Å². The Kier molecular flexibility index (Phi) is 5.31. The molecule has 1 atom stereocenters. The summed E-state index contributed by atoms with van der Waals surface area (Å²) in [5.74, 6) is -1.58. The average Bonchev–Trinajstić information content (AvgIpc) is 2.49. The summed E-state index contributed by atoms with van der Waals surface area (Å²) in [6.07, 6.45) is 0.918. The molecule has 6 nitrogen and oxygen atoms in total. The standard InChI is InChI=1S/C14H18ClNO5S/c1-2-21-13-6-5-11(8-12(13)15)22(19,20)16-7-3-4-10(9-16)14(17)18/h5-6,8,10H,2-4,7,9H2,1H3,(H,17,18)/p-1/t10-/m0/s1. The number of carbonyl (C=O) groups is 1. The lowest BCUT2D eigenvalue weighted by Crippen LogP contribution is -2.46. The average molecular weight is 347 g/mol. The van der Waals surface area contributed by atoms with E-state index in [4.69, 9.17) is 16.3 Å². The van der Waals surface area contributed by atoms with Crippen molar-refractivity contribution < 1.29 is 23.1 Å². The summed E-state index contributed by atoms with van der Waals surface area (Å²) in [6, 6.07) is 4.23. The Morgan fingerprint density at radius 1 is 1.50 bits per heavy atom. The number of aliphatic carboxylic acids is 1. The molecular formula is C14H17ClNO5S-. The third kappa shape index (κ3) is 3.53. The zero-order chi connectivity index (χ0) is 16.3. The summed E-state index contributed by atoms with van der Waals surface area (Å²) < 4.78 is 31.6. The lowest BCUT2D eigenvalue weighted by atomic mass is 10.0. The number of sulfonamides is 1. The van der Waals surface area contributed by atoms with Gasteiger partial charge < -0.3 is 14.6 Å². The normalized spacial score (nSPS) is 19.8. The maximum atomic E-state index is 12.6. The van der Waals surface area contributed by atoms with E-state index in [1.165, 1.54) is 22.5 Å². The summed E-state index contributed by atoms with van der Waals surface area (Å²) in [4.78, 5) is 11.0. The number of carboxylic acids is 1. The monoisotopic (exact) mass is 346 g/mol. The number of benzene rings is 1. The Morgan fingerprint density at radius 2 is 2.23 bits per heavy atom. The molecule has 0 unspecified atom stereocenters. The predicted molar refractivity (Wildman–Crippen MR) is 79.1 cm³/mol. The molecule has 1 aliphatic rings. The summed E-state index contributed by atoms with van der Waals surface area (Å²) in [5, 5.41) is 11.2. The number of ether oxygens (including phenoxy) is 1. The fraction of sp³-hybridized carbons (Fsp3) is 0.500. The highest BCUT2D eigenvalue weighted by Crippen LogP contribution is 2.30. The van der Waals surface area contributed by atoms with Gasteiger partial charge in [0.25, 0.3) is 0 Å². The smallest absolute Gasteiger partial charge is 0.243 e. The Morgan fingerprint density at radius 3 is 2.82 bits per heavy atom. The van der Waals surface area contributed by atoms with Crippen LogP contribution in [0.1, 0.15) is 19.8 Å². The van der Waals surface area contributed by atoms with Crippen LogP contribution in [0, 0.1) is 5.92 Å². The second kappa shape index (κ2) is 6.85. The molecule has 1 saturated heterocycles. The van der Waals surface area contributed by atoms with E-state index < -0.39 is 21.9 Å². The maximum absolute atomic E-state index is 12.6. The van der Waals surface area contributed by atoms with Crippen LogP contribution in [0.25, 0.3) is 0 Å². The molecule has 2 rings (SSSR count). The first-order chi connectivity index (χ1) is 10.4. The van der Waals surface area contributed by atoms with Crippen molar-refractivity contribution >= 4 is 27.6 Å². The number of hydrogen-bond acceptors (Lipinski definition) is 5. The van der Waals surface area contributed by atoms with Gasteiger partial charge in [0.15, 0.2) is 0 Å². The third-order valence-electron chi connectivity index (χ3n) is 3.56. The van der Waals surface area contributed by atoms with E-state index in [1.54, 1.807) is 6.92 Å². The Hall–Kier alpha value is -1.31. The summed E-state index contributed by atoms with van der Waals surface area (Å²) in [7, 11) is -3.78. The van der Waals surface area contributed by atoms with Crippen molar-refractivity contribution in [1.29, 1.82) is 0 Å². The summed E-state index contributed by atoms with van der Waals surface area (Å²) in [5.41, 5.74) is 0. The SMILES string of the molecule is CCOc1ccc(S(=O)(=O)N2CCC[C@H](C(=O)[O-])C2)cc1Cl. The first kappa shape index (κ1) is 17.1. The minimum Gasteiger partial charge on any atom is -0.550 e. The second-order valence-electron chi connectivity index (χ2n) is 5.05. The molecule has 1 heterocycles. The van der Waals surface area contributed by atoms with E-state index in [-0.39, 0.29) is 23.0 Å². The van der Waals surface area contributed by atoms with Gasteiger partial charge in [-0.25, -0.2) is 8.42 Å². The van der Waals surface area contributed by atoms with Crippen molar-refractivity contribution in [2.24, 2.45) is 5.92 Å². The molecule has 1 aromatic rings. The van der Waals surface area contributed by atoms with E-state index >= 15 is 0 Å². The van der Waals surface area contributed by atoms with Crippen LogP contribution in [-0.4, -0.2) is 38.4 Å². The molecule has 1 aliphatic heterocycles. The number of hydrogen-bond donors (Lipinski definition) is 0. The fourth-order valence-electron chi connectivity index (χ4n) is 2.42. The highest BCUT2D eigenvalue weighted by molar-refractivity contribution is 7.89. The van der Waals surface area contributed by atoms with Crippen molar-refractivity contribution in [3.63, 3.8) is 0 Å². The number of halogens is 1. The fourth-order valence-corrected chi connectivity index (χ4v) is 4.27. The molecule has 0 N–H and O–H groups in total. The number of rotatable bonds is 5. The molecule has 0 bridgehead atoms. The van der Waals surface area contributed by atoms with Gasteiger partial charge in [-0.05, 0) is 38.0 Å². The molecular weight excluding hydrogens is 330 g/mol. The zero-order valence-corrected chi connectivity index (χ0v) is 13.7. The van der Waals surface area contributed by atoms with E-state index in [9.17, 15) is 18.3 Å². The van der Waals surface area contributed by atoms with Crippen LogP contribution in [-0.2, 0) is 14.8 Å². The molecule has 0 aromatic heterocycles. The van der Waals surface area contributed by atoms with Gasteiger partial charge in [0.05, 0.1) is 16.5 Å². The van der Waals surface area contributed by atoms with E-state index in [1.807, 2.05) is 0 Å². The van der Waals surface area contributed by atoms with Crippen molar-refractivity contribution in [2.45, 2.75) is 24.7 Å². The van der Waals surface area contributed by atoms with Crippen LogP contribution in [0.4, 0.5) is 0 Å². The minimum absolute atomic E-state index is 0.0277. The summed E-state index contributed by atoms with van der Waals surface area (Å²) in [6.45, 7) is 2.44. The molecule has 0 radical (unpaired) electrons. The van der Waals surface area contributed by atoms with Crippen LogP contribution in [0.15, 0.2) is 23.1 Å². The van der Waals surface area contributed by atoms with Crippen molar-refractivity contribution in [1.82, 2.24) is 4.31 Å². The number of piperidine rings is 1. The lowest BCUT2D eigenvalue weighted by Gasteiger charge is -2.32. The van der Waals surface area contributed by atoms with Gasteiger partial charge in [-0.3, -0.25) is 0 Å². The summed E-state index contributed by atoms with van der Waals surface area (Å²) >= 11 is 6.02. The van der Waals surface area contributed by atoms with Crippen LogP contribution >= 0.6 is 11.6 Å². The molecule has 0 saturated carbocycles. The zero-order valence-electron chi connectivity index (χ0n) is 12.1. The number of nitrogens with zero attached hydrogens (tertiary/aromatic N) is 1. The Bertz CT molecular complexity index is 661. The quantitative estimate of drug-likeness (QED) is 0.790. The highest BCUT2D eigenvalue weighted by Gasteiger charge is 2.31. The lowest BCUT2D eigenvalue weighted by molar-refractivity contribution is -0.312. The highest BCUT2D eigenvalue weighted by atomic mass is 35.5. The molecule has 22 heavy (non-hydrogen) atoms. The van der Waals surface area contributed by atoms with Gasteiger partial charge in [-0.2, -0.15) is 4.31 Å². The van der Waals surface area contributed by atoms with Crippen LogP contribution in [0.5, 0.6) is 5.75 Å². The first-order valence-electron chi connectivity index (χ1n) is 6.99. The van der Waals surface area contributed by atoms with E-state index in [2.05, 4.69) is 0 Å². The minimum atomic E-state index is -3.78. The predicted octanol–water partition coefficient (Wildman–Crippen LogP) is 0.889. The second-order valence-corrected chi connectivity index (χ2v) is 7.39. The van der Waals surface area contributed by atoms with Crippen LogP contribution in [0.3, 0.4) is 0 Å². The Balaban J connectivity index is 2.26. The topological polar surface area (TPSA) is 86.7 Å². The maximum Gasteiger partial charge on any atom is 0.243 e. The molecule has 8 heteroatoms. The molecule has 122 valence electrons. The Labute approximate surface area is 134 Å². The molecule has 0 spiro atoms. The van der Waals surface area contributed by atoms with Gasteiger partial charge in [0, 0.05) is 25.0 Å². The van der Waals surface area contributed by atoms with Gasteiger partial charge in [-0.15, -0.1) is 0 Å². The third-order valence-corrected chi connectivity index (χ3v) is 5.71. The number of carboxylic acid groups (broad SMARTS) is 1. The van der Waals surface area contributed by atoms with Crippen molar-refractivity contribution in [2.75, 3.05) is 19.7 Å². The number of carbonyl (C=O) groups excluding carboxylic acids is 1. The van der Waals surface area contributed by atoms with Gasteiger partial charge >= 0.3 is 0 Å². The van der Waals surface area contributed by atoms with Gasteiger partial charge in [0.2, 0.25) is 10.0 Å². The first-order valence-corrected chi connectivity index (χ1v) is 8.81. The van der Waals surface area contributed by atoms with E-state index in [0.29, 0.717) is 25.2 Å². The molecule has 0 amide bonds. The van der Waals surface area contributed by atoms with Crippen molar-refractivity contribution in [3.8, 4) is 5.75 Å². The largest absolute Gasteiger partial charge is 0.550 e. The van der Waals surface area contributed by atoms with E-state index in [0.717, 1.165) is 0 Å². The molecule has 0 aliphatic carbocycles.